The molecule has 0 atom stereocenters. The first-order chi connectivity index (χ1) is 11.1. The van der Waals surface area contributed by atoms with Crippen molar-refractivity contribution in [3.05, 3.63) is 53.6 Å². The number of rotatable bonds is 5. The number of fused-ring (bicyclic) bond motifs is 1. The number of carbonyl (C=O) groups excluding carboxylic acids is 1. The lowest BCUT2D eigenvalue weighted by molar-refractivity contribution is -0.116. The van der Waals surface area contributed by atoms with Crippen LogP contribution < -0.4 is 10.1 Å². The second kappa shape index (κ2) is 6.52. The Labute approximate surface area is 134 Å². The average Bonchev–Trinajstić information content (AvgIpc) is 2.91. The summed E-state index contributed by atoms with van der Waals surface area (Å²) in [5.41, 5.74) is 3.99. The number of para-hydroxylation sites is 2. The number of ether oxygens (including phenoxy) is 1. The zero-order chi connectivity index (χ0) is 16.2. The molecule has 0 aliphatic rings. The molecule has 0 saturated carbocycles. The number of nitrogens with one attached hydrogen (secondary N) is 2. The van der Waals surface area contributed by atoms with Gasteiger partial charge in [-0.05, 0) is 37.6 Å². The van der Waals surface area contributed by atoms with Gasteiger partial charge in [0.1, 0.15) is 5.75 Å². The summed E-state index contributed by atoms with van der Waals surface area (Å²) in [6.07, 6.45) is 0.268. The van der Waals surface area contributed by atoms with Crippen LogP contribution in [-0.4, -0.2) is 22.5 Å². The van der Waals surface area contributed by atoms with Gasteiger partial charge in [-0.1, -0.05) is 29.8 Å². The Morgan fingerprint density at radius 1 is 1.22 bits per heavy atom. The van der Waals surface area contributed by atoms with Crippen molar-refractivity contribution in [3.8, 4) is 5.75 Å². The topological polar surface area (TPSA) is 67.0 Å². The number of carbonyl (C=O) groups is 1. The molecule has 0 aliphatic carbocycles. The van der Waals surface area contributed by atoms with Gasteiger partial charge in [0.2, 0.25) is 11.9 Å². The van der Waals surface area contributed by atoms with Crippen molar-refractivity contribution in [3.63, 3.8) is 0 Å². The van der Waals surface area contributed by atoms with Crippen molar-refractivity contribution in [2.45, 2.75) is 20.3 Å². The van der Waals surface area contributed by atoms with Gasteiger partial charge in [0, 0.05) is 0 Å². The summed E-state index contributed by atoms with van der Waals surface area (Å²) in [5.74, 6) is 1.14. The third-order valence-electron chi connectivity index (χ3n) is 3.56. The molecule has 0 fully saturated rings. The molecule has 23 heavy (non-hydrogen) atoms. The van der Waals surface area contributed by atoms with Crippen LogP contribution in [0.15, 0.2) is 42.5 Å². The summed E-state index contributed by atoms with van der Waals surface area (Å²) < 4.78 is 5.67. The van der Waals surface area contributed by atoms with E-state index in [4.69, 9.17) is 4.74 Å². The highest BCUT2D eigenvalue weighted by Crippen LogP contribution is 2.19. The highest BCUT2D eigenvalue weighted by atomic mass is 16.5. The van der Waals surface area contributed by atoms with Gasteiger partial charge in [-0.2, -0.15) is 0 Å². The van der Waals surface area contributed by atoms with Crippen LogP contribution in [0.4, 0.5) is 5.95 Å². The van der Waals surface area contributed by atoms with Crippen LogP contribution in [0.3, 0.4) is 0 Å². The van der Waals surface area contributed by atoms with Crippen LogP contribution in [0.25, 0.3) is 11.0 Å². The van der Waals surface area contributed by atoms with Crippen LogP contribution in [-0.2, 0) is 4.79 Å². The van der Waals surface area contributed by atoms with Crippen LogP contribution in [0.2, 0.25) is 0 Å². The third kappa shape index (κ3) is 3.69. The van der Waals surface area contributed by atoms with Gasteiger partial charge in [-0.25, -0.2) is 4.98 Å². The second-order valence-corrected chi connectivity index (χ2v) is 5.52. The van der Waals surface area contributed by atoms with E-state index in [-0.39, 0.29) is 12.3 Å². The molecule has 2 N–H and O–H groups in total. The van der Waals surface area contributed by atoms with Crippen molar-refractivity contribution >= 4 is 22.9 Å². The van der Waals surface area contributed by atoms with Gasteiger partial charge in [0.05, 0.1) is 24.1 Å². The summed E-state index contributed by atoms with van der Waals surface area (Å²) in [5, 5.41) is 2.76. The average molecular weight is 309 g/mol. The zero-order valence-corrected chi connectivity index (χ0v) is 13.2. The van der Waals surface area contributed by atoms with Crippen molar-refractivity contribution in [2.24, 2.45) is 0 Å². The number of aromatic nitrogens is 2. The van der Waals surface area contributed by atoms with E-state index in [0.29, 0.717) is 12.6 Å². The first kappa shape index (κ1) is 15.1. The molecule has 118 valence electrons. The number of aromatic amines is 1. The molecule has 1 aromatic heterocycles. The molecule has 1 amide bonds. The lowest BCUT2D eigenvalue weighted by Gasteiger charge is -2.09. The molecule has 5 heteroatoms. The largest absolute Gasteiger partial charge is 0.493 e. The number of hydrogen-bond acceptors (Lipinski definition) is 3. The monoisotopic (exact) mass is 309 g/mol. The summed E-state index contributed by atoms with van der Waals surface area (Å²) in [7, 11) is 0. The van der Waals surface area contributed by atoms with E-state index in [0.717, 1.165) is 22.3 Å². The maximum Gasteiger partial charge on any atom is 0.230 e. The molecule has 0 unspecified atom stereocenters. The first-order valence-electron chi connectivity index (χ1n) is 7.56. The standard InChI is InChI=1S/C18H19N3O2/c1-12-7-8-16(13(2)11-12)23-10-9-17(22)21-18-19-14-5-3-4-6-15(14)20-18/h3-8,11H,9-10H2,1-2H3,(H2,19,20,21,22). The summed E-state index contributed by atoms with van der Waals surface area (Å²) in [6.45, 7) is 4.37. The number of aryl methyl sites for hydroxylation is 2. The van der Waals surface area contributed by atoms with Gasteiger partial charge >= 0.3 is 0 Å². The number of hydrogen-bond donors (Lipinski definition) is 2. The number of nitrogens with zero attached hydrogens (tertiary/aromatic N) is 1. The van der Waals surface area contributed by atoms with E-state index in [1.807, 2.05) is 50.2 Å². The fraction of sp³-hybridized carbons (Fsp3) is 0.222. The molecular weight excluding hydrogens is 290 g/mol. The van der Waals surface area contributed by atoms with Crippen LogP contribution in [0.1, 0.15) is 17.5 Å². The molecule has 1 heterocycles. The lowest BCUT2D eigenvalue weighted by Crippen LogP contribution is -2.16. The smallest absolute Gasteiger partial charge is 0.230 e. The lowest BCUT2D eigenvalue weighted by atomic mass is 10.1. The van der Waals surface area contributed by atoms with E-state index < -0.39 is 0 Å². The maximum atomic E-state index is 12.0. The van der Waals surface area contributed by atoms with Crippen molar-refractivity contribution in [1.82, 2.24) is 9.97 Å². The Morgan fingerprint density at radius 2 is 2.04 bits per heavy atom. The van der Waals surface area contributed by atoms with Crippen molar-refractivity contribution in [2.75, 3.05) is 11.9 Å². The van der Waals surface area contributed by atoms with Crippen LogP contribution >= 0.6 is 0 Å². The molecule has 0 aliphatic heterocycles. The maximum absolute atomic E-state index is 12.0. The quantitative estimate of drug-likeness (QED) is 0.757. The van der Waals surface area contributed by atoms with Crippen LogP contribution in [0, 0.1) is 13.8 Å². The molecule has 0 spiro atoms. The van der Waals surface area contributed by atoms with Crippen LogP contribution in [0.5, 0.6) is 5.75 Å². The molecule has 5 nitrogen and oxygen atoms in total. The summed E-state index contributed by atoms with van der Waals surface area (Å²) in [6, 6.07) is 13.6. The Kier molecular flexibility index (Phi) is 4.28. The summed E-state index contributed by atoms with van der Waals surface area (Å²) in [4.78, 5) is 19.3. The molecule has 3 aromatic rings. The third-order valence-corrected chi connectivity index (χ3v) is 3.56. The van der Waals surface area contributed by atoms with Gasteiger partial charge in [0.25, 0.3) is 0 Å². The minimum absolute atomic E-state index is 0.131. The number of benzene rings is 2. The van der Waals surface area contributed by atoms with Gasteiger partial charge < -0.3 is 9.72 Å². The Morgan fingerprint density at radius 3 is 2.83 bits per heavy atom. The Hall–Kier alpha value is -2.82. The SMILES string of the molecule is Cc1ccc(OCCC(=O)Nc2nc3ccccc3[nH]2)c(C)c1. The number of imidazole rings is 1. The van der Waals surface area contributed by atoms with Crippen molar-refractivity contribution in [1.29, 1.82) is 0 Å². The molecule has 0 saturated heterocycles. The predicted octanol–water partition coefficient (Wildman–Crippen LogP) is 3.59. The number of anilines is 1. The van der Waals surface area contributed by atoms with E-state index in [1.165, 1.54) is 5.56 Å². The van der Waals surface area contributed by atoms with Gasteiger partial charge in [-0.3, -0.25) is 10.1 Å². The van der Waals surface area contributed by atoms with E-state index in [1.54, 1.807) is 0 Å². The number of amides is 1. The van der Waals surface area contributed by atoms with E-state index in [2.05, 4.69) is 21.4 Å². The van der Waals surface area contributed by atoms with Crippen molar-refractivity contribution < 1.29 is 9.53 Å². The van der Waals surface area contributed by atoms with Gasteiger partial charge in [0.15, 0.2) is 0 Å². The van der Waals surface area contributed by atoms with Gasteiger partial charge in [-0.15, -0.1) is 0 Å². The molecule has 2 aromatic carbocycles. The Balaban J connectivity index is 1.53. The highest BCUT2D eigenvalue weighted by Gasteiger charge is 2.07. The minimum Gasteiger partial charge on any atom is -0.493 e. The minimum atomic E-state index is -0.131. The Bertz CT molecular complexity index is 806. The normalized spacial score (nSPS) is 10.7. The highest BCUT2D eigenvalue weighted by molar-refractivity contribution is 5.91. The van der Waals surface area contributed by atoms with E-state index >= 15 is 0 Å². The fourth-order valence-electron chi connectivity index (χ4n) is 2.42. The fourth-order valence-corrected chi connectivity index (χ4v) is 2.42. The molecular formula is C18H19N3O2. The van der Waals surface area contributed by atoms with E-state index in [9.17, 15) is 4.79 Å². The molecule has 0 bridgehead atoms. The number of H-pyrrole nitrogens is 1. The summed E-state index contributed by atoms with van der Waals surface area (Å²) >= 11 is 0. The molecule has 3 rings (SSSR count). The first-order valence-corrected chi connectivity index (χ1v) is 7.56. The second-order valence-electron chi connectivity index (χ2n) is 5.52. The predicted molar refractivity (Wildman–Crippen MR) is 90.8 cm³/mol. The molecule has 0 radical (unpaired) electrons. The zero-order valence-electron chi connectivity index (χ0n) is 13.2.